The number of hydrogen-bond donors (Lipinski definition) is 2. The maximum atomic E-state index is 9.78. The van der Waals surface area contributed by atoms with Gasteiger partial charge < -0.3 is 10.2 Å². The molecule has 0 aliphatic heterocycles. The molecule has 0 spiro atoms. The number of aromatic hydroxyl groups is 2. The molecule has 0 radical (unpaired) electrons. The number of phenolic OH excluding ortho intramolecular Hbond substituents is 2. The van der Waals surface area contributed by atoms with E-state index in [1.54, 1.807) is 18.2 Å². The molecule has 1 aliphatic rings. The Labute approximate surface area is 119 Å². The molecule has 1 aliphatic carbocycles. The van der Waals surface area contributed by atoms with Crippen LogP contribution in [-0.4, -0.2) is 10.2 Å². The highest BCUT2D eigenvalue weighted by molar-refractivity contribution is 5.51. The number of rotatable bonds is 1. The van der Waals surface area contributed by atoms with Crippen LogP contribution in [0.25, 0.3) is 0 Å². The zero-order valence-corrected chi connectivity index (χ0v) is 12.1. The van der Waals surface area contributed by atoms with E-state index in [2.05, 4.69) is 20.8 Å². The molecule has 0 saturated heterocycles. The van der Waals surface area contributed by atoms with Crippen LogP contribution in [0.3, 0.4) is 0 Å². The highest BCUT2D eigenvalue weighted by Gasteiger charge is 2.44. The van der Waals surface area contributed by atoms with E-state index in [0.717, 1.165) is 0 Å². The first-order valence-corrected chi connectivity index (χ1v) is 7.03. The summed E-state index contributed by atoms with van der Waals surface area (Å²) in [5.41, 5.74) is 3.73. The number of phenols is 2. The Morgan fingerprint density at radius 1 is 0.900 bits per heavy atom. The van der Waals surface area contributed by atoms with Crippen molar-refractivity contribution in [2.24, 2.45) is 0 Å². The topological polar surface area (TPSA) is 40.5 Å². The SMILES string of the molecule is CC1c2ccc(O)cc2C(C)(C)C1c1ccc(O)cc1. The van der Waals surface area contributed by atoms with Crippen molar-refractivity contribution in [3.8, 4) is 11.5 Å². The van der Waals surface area contributed by atoms with Gasteiger partial charge in [-0.2, -0.15) is 0 Å². The molecule has 2 aromatic rings. The standard InChI is InChI=1S/C18H20O2/c1-11-15-9-8-14(20)10-16(15)18(2,3)17(11)12-4-6-13(19)7-5-12/h4-11,17,19-20H,1-3H3. The highest BCUT2D eigenvalue weighted by atomic mass is 16.3. The zero-order valence-electron chi connectivity index (χ0n) is 12.1. The van der Waals surface area contributed by atoms with Gasteiger partial charge in [-0.05, 0) is 58.2 Å². The molecule has 2 unspecified atom stereocenters. The van der Waals surface area contributed by atoms with Gasteiger partial charge in [0.2, 0.25) is 0 Å². The molecule has 2 nitrogen and oxygen atoms in total. The highest BCUT2D eigenvalue weighted by Crippen LogP contribution is 2.55. The molecular formula is C18H20O2. The van der Waals surface area contributed by atoms with Crippen molar-refractivity contribution >= 4 is 0 Å². The molecule has 104 valence electrons. The first kappa shape index (κ1) is 13.0. The first-order chi connectivity index (χ1) is 9.41. The maximum absolute atomic E-state index is 9.78. The van der Waals surface area contributed by atoms with Gasteiger partial charge in [0.05, 0.1) is 0 Å². The molecule has 0 heterocycles. The third-order valence-corrected chi connectivity index (χ3v) is 4.75. The van der Waals surface area contributed by atoms with Crippen LogP contribution in [-0.2, 0) is 5.41 Å². The van der Waals surface area contributed by atoms with Crippen molar-refractivity contribution < 1.29 is 10.2 Å². The van der Waals surface area contributed by atoms with Crippen molar-refractivity contribution in [2.75, 3.05) is 0 Å². The van der Waals surface area contributed by atoms with Gasteiger partial charge in [0.1, 0.15) is 11.5 Å². The second-order valence-electron chi connectivity index (χ2n) is 6.35. The fourth-order valence-corrected chi connectivity index (χ4v) is 3.86. The molecule has 2 heteroatoms. The molecule has 0 amide bonds. The average Bonchev–Trinajstić information content (AvgIpc) is 2.59. The van der Waals surface area contributed by atoms with Crippen LogP contribution in [0, 0.1) is 0 Å². The summed E-state index contributed by atoms with van der Waals surface area (Å²) in [4.78, 5) is 0. The third-order valence-electron chi connectivity index (χ3n) is 4.75. The number of benzene rings is 2. The van der Waals surface area contributed by atoms with E-state index in [1.807, 2.05) is 24.3 Å². The van der Waals surface area contributed by atoms with E-state index >= 15 is 0 Å². The van der Waals surface area contributed by atoms with E-state index in [0.29, 0.717) is 23.3 Å². The summed E-state index contributed by atoms with van der Waals surface area (Å²) in [6.45, 7) is 6.70. The molecular weight excluding hydrogens is 248 g/mol. The van der Waals surface area contributed by atoms with Gasteiger partial charge in [-0.25, -0.2) is 0 Å². The maximum Gasteiger partial charge on any atom is 0.115 e. The summed E-state index contributed by atoms with van der Waals surface area (Å²) in [5.74, 6) is 1.37. The summed E-state index contributed by atoms with van der Waals surface area (Å²) < 4.78 is 0. The van der Waals surface area contributed by atoms with E-state index in [-0.39, 0.29) is 5.41 Å². The van der Waals surface area contributed by atoms with Crippen LogP contribution in [0.2, 0.25) is 0 Å². The fraction of sp³-hybridized carbons (Fsp3) is 0.333. The van der Waals surface area contributed by atoms with Gasteiger partial charge in [-0.3, -0.25) is 0 Å². The quantitative estimate of drug-likeness (QED) is 0.810. The molecule has 2 atom stereocenters. The van der Waals surface area contributed by atoms with Crippen LogP contribution < -0.4 is 0 Å². The van der Waals surface area contributed by atoms with Crippen molar-refractivity contribution in [3.05, 3.63) is 59.2 Å². The Morgan fingerprint density at radius 3 is 2.15 bits per heavy atom. The van der Waals surface area contributed by atoms with Crippen LogP contribution in [0.5, 0.6) is 11.5 Å². The fourth-order valence-electron chi connectivity index (χ4n) is 3.86. The van der Waals surface area contributed by atoms with Gasteiger partial charge >= 0.3 is 0 Å². The van der Waals surface area contributed by atoms with Crippen molar-refractivity contribution in [3.63, 3.8) is 0 Å². The predicted molar refractivity (Wildman–Crippen MR) is 80.4 cm³/mol. The van der Waals surface area contributed by atoms with Crippen molar-refractivity contribution in [2.45, 2.75) is 38.0 Å². The molecule has 0 saturated carbocycles. The molecule has 2 N–H and O–H groups in total. The van der Waals surface area contributed by atoms with E-state index < -0.39 is 0 Å². The Balaban J connectivity index is 2.13. The Morgan fingerprint density at radius 2 is 1.50 bits per heavy atom. The minimum absolute atomic E-state index is 0.0372. The first-order valence-electron chi connectivity index (χ1n) is 7.03. The average molecular weight is 268 g/mol. The van der Waals surface area contributed by atoms with E-state index in [1.165, 1.54) is 16.7 Å². The number of fused-ring (bicyclic) bond motifs is 1. The Bertz CT molecular complexity index is 641. The van der Waals surface area contributed by atoms with Gasteiger partial charge in [-0.15, -0.1) is 0 Å². The summed E-state index contributed by atoms with van der Waals surface area (Å²) in [6, 6.07) is 13.2. The summed E-state index contributed by atoms with van der Waals surface area (Å²) >= 11 is 0. The van der Waals surface area contributed by atoms with E-state index in [4.69, 9.17) is 0 Å². The molecule has 0 bridgehead atoms. The summed E-state index contributed by atoms with van der Waals surface area (Å²) in [6.07, 6.45) is 0. The van der Waals surface area contributed by atoms with Crippen LogP contribution >= 0.6 is 0 Å². The largest absolute Gasteiger partial charge is 0.508 e. The lowest BCUT2D eigenvalue weighted by molar-refractivity contribution is 0.408. The Kier molecular flexibility index (Phi) is 2.79. The normalized spacial score (nSPS) is 23.6. The molecule has 20 heavy (non-hydrogen) atoms. The van der Waals surface area contributed by atoms with Gasteiger partial charge in [0.15, 0.2) is 0 Å². The summed E-state index contributed by atoms with van der Waals surface area (Å²) in [7, 11) is 0. The van der Waals surface area contributed by atoms with E-state index in [9.17, 15) is 10.2 Å². The predicted octanol–water partition coefficient (Wildman–Crippen LogP) is 4.28. The lowest BCUT2D eigenvalue weighted by Gasteiger charge is -2.31. The monoisotopic (exact) mass is 268 g/mol. The van der Waals surface area contributed by atoms with Crippen LogP contribution in [0.4, 0.5) is 0 Å². The van der Waals surface area contributed by atoms with Gasteiger partial charge in [0, 0.05) is 0 Å². The molecule has 0 aromatic heterocycles. The summed E-state index contributed by atoms with van der Waals surface area (Å²) in [5, 5.41) is 19.2. The minimum atomic E-state index is -0.0372. The Hall–Kier alpha value is -1.96. The van der Waals surface area contributed by atoms with Crippen LogP contribution in [0.1, 0.15) is 49.3 Å². The lowest BCUT2D eigenvalue weighted by atomic mass is 9.72. The minimum Gasteiger partial charge on any atom is -0.508 e. The number of hydrogen-bond acceptors (Lipinski definition) is 2. The van der Waals surface area contributed by atoms with Crippen molar-refractivity contribution in [1.82, 2.24) is 0 Å². The van der Waals surface area contributed by atoms with Gasteiger partial charge in [-0.1, -0.05) is 39.0 Å². The lowest BCUT2D eigenvalue weighted by Crippen LogP contribution is -2.23. The van der Waals surface area contributed by atoms with Crippen LogP contribution in [0.15, 0.2) is 42.5 Å². The zero-order chi connectivity index (χ0) is 14.5. The van der Waals surface area contributed by atoms with Gasteiger partial charge in [0.25, 0.3) is 0 Å². The smallest absolute Gasteiger partial charge is 0.115 e. The van der Waals surface area contributed by atoms with Crippen molar-refractivity contribution in [1.29, 1.82) is 0 Å². The molecule has 2 aromatic carbocycles. The third kappa shape index (κ3) is 1.79. The molecule has 0 fully saturated rings. The molecule has 3 rings (SSSR count). The second kappa shape index (κ2) is 4.27. The second-order valence-corrected chi connectivity index (χ2v) is 6.35.